The van der Waals surface area contributed by atoms with Gasteiger partial charge in [0.05, 0.1) is 12.4 Å². The Bertz CT molecular complexity index is 398. The zero-order chi connectivity index (χ0) is 13.4. The summed E-state index contributed by atoms with van der Waals surface area (Å²) in [5, 5.41) is 9.67. The fourth-order valence-electron chi connectivity index (χ4n) is 2.24. The average molecular weight is 254 g/mol. The van der Waals surface area contributed by atoms with E-state index in [2.05, 4.69) is 4.99 Å². The minimum Gasteiger partial charge on any atom is -0.391 e. The molecule has 0 bridgehead atoms. The number of fused-ring (bicyclic) bond motifs is 1. The van der Waals surface area contributed by atoms with Gasteiger partial charge in [-0.3, -0.25) is 9.69 Å². The number of aliphatic hydroxyl groups excluding tert-OH is 1. The number of carbonyl (C=O) groups is 2. The lowest BCUT2D eigenvalue weighted by Gasteiger charge is -2.40. The number of likely N-dealkylation sites (N-methyl/N-ethyl adjacent to an activating group) is 2. The molecule has 1 N–H and O–H groups in total. The molecule has 3 atom stereocenters. The van der Waals surface area contributed by atoms with Crippen LogP contribution in [0.4, 0.5) is 4.79 Å². The van der Waals surface area contributed by atoms with Crippen LogP contribution in [-0.4, -0.2) is 77.0 Å². The molecule has 1 saturated heterocycles. The zero-order valence-electron chi connectivity index (χ0n) is 10.8. The van der Waals surface area contributed by atoms with Crippen LogP contribution in [0.15, 0.2) is 4.99 Å². The van der Waals surface area contributed by atoms with Crippen molar-refractivity contribution in [3.63, 3.8) is 0 Å². The van der Waals surface area contributed by atoms with Crippen LogP contribution in [0.2, 0.25) is 0 Å². The molecule has 2 heterocycles. The molecular weight excluding hydrogens is 236 g/mol. The van der Waals surface area contributed by atoms with Gasteiger partial charge >= 0.3 is 6.03 Å². The quantitative estimate of drug-likeness (QED) is 0.724. The Morgan fingerprint density at radius 3 is 2.72 bits per heavy atom. The molecule has 0 aliphatic carbocycles. The molecule has 2 rings (SSSR count). The number of carbonyl (C=O) groups excluding carboxylic acids is 2. The van der Waals surface area contributed by atoms with Crippen molar-refractivity contribution >= 4 is 18.3 Å². The van der Waals surface area contributed by atoms with Crippen molar-refractivity contribution in [3.8, 4) is 0 Å². The maximum absolute atomic E-state index is 12.1. The topological polar surface area (TPSA) is 76.5 Å². The van der Waals surface area contributed by atoms with E-state index in [-0.39, 0.29) is 11.9 Å². The first-order valence-corrected chi connectivity index (χ1v) is 5.98. The number of rotatable bonds is 3. The summed E-state index contributed by atoms with van der Waals surface area (Å²) in [7, 11) is 3.09. The van der Waals surface area contributed by atoms with E-state index in [0.29, 0.717) is 13.0 Å². The van der Waals surface area contributed by atoms with Crippen molar-refractivity contribution < 1.29 is 14.7 Å². The number of aliphatic imine (C=N–C) groups is 1. The van der Waals surface area contributed by atoms with Gasteiger partial charge < -0.3 is 14.9 Å². The van der Waals surface area contributed by atoms with Crippen LogP contribution in [0.5, 0.6) is 0 Å². The summed E-state index contributed by atoms with van der Waals surface area (Å²) in [6.45, 7) is 2.22. The van der Waals surface area contributed by atoms with Crippen molar-refractivity contribution in [1.82, 2.24) is 14.7 Å². The van der Waals surface area contributed by atoms with Crippen LogP contribution in [0.3, 0.4) is 0 Å². The fraction of sp³-hybridized carbons (Fsp3) is 0.727. The molecule has 0 saturated carbocycles. The van der Waals surface area contributed by atoms with Crippen LogP contribution in [0.25, 0.3) is 0 Å². The first-order chi connectivity index (χ1) is 8.47. The summed E-state index contributed by atoms with van der Waals surface area (Å²) in [6.07, 6.45) is 1.18. The van der Waals surface area contributed by atoms with Gasteiger partial charge in [-0.1, -0.05) is 6.92 Å². The Labute approximate surface area is 106 Å². The number of hydrogen-bond acceptors (Lipinski definition) is 5. The Balaban J connectivity index is 2.19. The first-order valence-electron chi connectivity index (χ1n) is 5.98. The molecule has 3 amide bonds. The van der Waals surface area contributed by atoms with Crippen LogP contribution in [0, 0.1) is 0 Å². The maximum atomic E-state index is 12.1. The summed E-state index contributed by atoms with van der Waals surface area (Å²) in [4.78, 5) is 32.3. The van der Waals surface area contributed by atoms with E-state index in [1.165, 1.54) is 11.9 Å². The highest BCUT2D eigenvalue weighted by Crippen LogP contribution is 2.24. The molecule has 3 unspecified atom stereocenters. The molecule has 2 aliphatic rings. The molecule has 18 heavy (non-hydrogen) atoms. The Morgan fingerprint density at radius 1 is 1.44 bits per heavy atom. The number of amides is 3. The second-order valence-electron chi connectivity index (χ2n) is 4.67. The first kappa shape index (κ1) is 12.8. The average Bonchev–Trinajstić information content (AvgIpc) is 2.77. The van der Waals surface area contributed by atoms with Crippen LogP contribution in [-0.2, 0) is 4.79 Å². The number of aliphatic hydroxyl groups is 1. The lowest BCUT2D eigenvalue weighted by molar-refractivity contribution is -0.136. The van der Waals surface area contributed by atoms with E-state index >= 15 is 0 Å². The van der Waals surface area contributed by atoms with Gasteiger partial charge in [0, 0.05) is 20.6 Å². The van der Waals surface area contributed by atoms with Gasteiger partial charge in [0.2, 0.25) is 0 Å². The molecule has 2 aliphatic heterocycles. The molecule has 0 spiro atoms. The molecule has 0 aromatic rings. The number of hydrogen-bond donors (Lipinski definition) is 1. The molecule has 0 radical (unpaired) electrons. The van der Waals surface area contributed by atoms with E-state index < -0.39 is 18.3 Å². The van der Waals surface area contributed by atoms with E-state index in [9.17, 15) is 14.7 Å². The molecule has 7 nitrogen and oxygen atoms in total. The molecular formula is C11H18N4O3. The highest BCUT2D eigenvalue weighted by atomic mass is 16.3. The maximum Gasteiger partial charge on any atom is 0.328 e. The van der Waals surface area contributed by atoms with Crippen molar-refractivity contribution in [1.29, 1.82) is 0 Å². The normalized spacial score (nSPS) is 29.0. The smallest absolute Gasteiger partial charge is 0.328 e. The number of imide groups is 1. The lowest BCUT2D eigenvalue weighted by Crippen LogP contribution is -2.64. The van der Waals surface area contributed by atoms with Crippen molar-refractivity contribution in [2.45, 2.75) is 31.7 Å². The van der Waals surface area contributed by atoms with Gasteiger partial charge in [0.1, 0.15) is 0 Å². The highest BCUT2D eigenvalue weighted by molar-refractivity contribution is 6.01. The van der Waals surface area contributed by atoms with E-state index in [1.807, 2.05) is 6.92 Å². The molecule has 100 valence electrons. The van der Waals surface area contributed by atoms with Crippen molar-refractivity contribution in [2.75, 3.05) is 20.6 Å². The second kappa shape index (κ2) is 4.56. The molecule has 1 fully saturated rings. The molecule has 7 heteroatoms. The van der Waals surface area contributed by atoms with E-state index in [4.69, 9.17) is 0 Å². The monoisotopic (exact) mass is 254 g/mol. The van der Waals surface area contributed by atoms with Gasteiger partial charge in [-0.2, -0.15) is 0 Å². The van der Waals surface area contributed by atoms with Gasteiger partial charge in [0.15, 0.2) is 12.2 Å². The molecule has 0 aromatic carbocycles. The number of nitrogens with zero attached hydrogens (tertiary/aromatic N) is 4. The Morgan fingerprint density at radius 2 is 2.11 bits per heavy atom. The third-order valence-corrected chi connectivity index (χ3v) is 3.47. The summed E-state index contributed by atoms with van der Waals surface area (Å²) in [6, 6.07) is -0.866. The van der Waals surface area contributed by atoms with Crippen LogP contribution in [0.1, 0.15) is 13.3 Å². The Kier molecular flexibility index (Phi) is 3.25. The SMILES string of the molecule is CCC(O)CN1C=NC2C1C(=O)N(C)C(=O)N2C. The lowest BCUT2D eigenvalue weighted by atomic mass is 10.1. The minimum atomic E-state index is -0.515. The second-order valence-corrected chi connectivity index (χ2v) is 4.67. The summed E-state index contributed by atoms with van der Waals surface area (Å²) >= 11 is 0. The van der Waals surface area contributed by atoms with Crippen molar-refractivity contribution in [3.05, 3.63) is 0 Å². The van der Waals surface area contributed by atoms with Gasteiger partial charge in [-0.25, -0.2) is 9.79 Å². The van der Waals surface area contributed by atoms with Gasteiger partial charge in [0.25, 0.3) is 5.91 Å². The summed E-state index contributed by atoms with van der Waals surface area (Å²) in [5.41, 5.74) is 0. The summed E-state index contributed by atoms with van der Waals surface area (Å²) in [5.74, 6) is -0.274. The van der Waals surface area contributed by atoms with Crippen LogP contribution < -0.4 is 0 Å². The summed E-state index contributed by atoms with van der Waals surface area (Å²) < 4.78 is 0. The Hall–Kier alpha value is -1.63. The van der Waals surface area contributed by atoms with E-state index in [1.54, 1.807) is 18.3 Å². The third kappa shape index (κ3) is 1.84. The van der Waals surface area contributed by atoms with Gasteiger partial charge in [-0.15, -0.1) is 0 Å². The zero-order valence-corrected chi connectivity index (χ0v) is 10.8. The largest absolute Gasteiger partial charge is 0.391 e. The van der Waals surface area contributed by atoms with Crippen molar-refractivity contribution in [2.24, 2.45) is 4.99 Å². The third-order valence-electron chi connectivity index (χ3n) is 3.47. The highest BCUT2D eigenvalue weighted by Gasteiger charge is 2.48. The van der Waals surface area contributed by atoms with Gasteiger partial charge in [-0.05, 0) is 6.42 Å². The predicted octanol–water partition coefficient (Wildman–Crippen LogP) is -0.680. The molecule has 0 aromatic heterocycles. The number of β-amino-alcohol motifs (C(OH)–C–C–N with tert-alkyl or cyclic N) is 1. The predicted molar refractivity (Wildman–Crippen MR) is 65.0 cm³/mol. The minimum absolute atomic E-state index is 0.274. The standard InChI is InChI=1S/C11H18N4O3/c1-4-7(16)5-15-6-12-9-8(15)10(17)14(3)11(18)13(9)2/h6-9,16H,4-5H2,1-3H3. The van der Waals surface area contributed by atoms with Crippen LogP contribution >= 0.6 is 0 Å². The van der Waals surface area contributed by atoms with E-state index in [0.717, 1.165) is 4.90 Å². The fourth-order valence-corrected chi connectivity index (χ4v) is 2.24. The number of urea groups is 1.